The molecule has 9 heteroatoms. The first kappa shape index (κ1) is 17.4. The summed E-state index contributed by atoms with van der Waals surface area (Å²) in [7, 11) is 0. The Kier molecular flexibility index (Phi) is 4.95. The van der Waals surface area contributed by atoms with E-state index in [9.17, 15) is 10.1 Å². The minimum atomic E-state index is -0.447. The van der Waals surface area contributed by atoms with E-state index in [0.717, 1.165) is 15.6 Å². The van der Waals surface area contributed by atoms with Crippen molar-refractivity contribution in [2.45, 2.75) is 10.1 Å². The van der Waals surface area contributed by atoms with Crippen LogP contribution in [0.15, 0.2) is 68.7 Å². The molecule has 0 atom stereocenters. The summed E-state index contributed by atoms with van der Waals surface area (Å²) in [6.45, 7) is 0. The SMILES string of the molecule is O=[N+]([O-])c1ccc(-c2nnc(CSc3nc(-c4ccccc4)cs3)o2)cc1. The quantitative estimate of drug-likeness (QED) is 0.255. The number of rotatable bonds is 6. The highest BCUT2D eigenvalue weighted by Crippen LogP contribution is 2.30. The van der Waals surface area contributed by atoms with E-state index in [1.165, 1.54) is 23.9 Å². The first-order valence-electron chi connectivity index (χ1n) is 7.90. The van der Waals surface area contributed by atoms with Crippen LogP contribution in [0.3, 0.4) is 0 Å². The van der Waals surface area contributed by atoms with Gasteiger partial charge in [-0.2, -0.15) is 0 Å². The predicted molar refractivity (Wildman–Crippen MR) is 103 cm³/mol. The number of thiazole rings is 1. The summed E-state index contributed by atoms with van der Waals surface area (Å²) >= 11 is 3.10. The molecule has 0 spiro atoms. The fourth-order valence-electron chi connectivity index (χ4n) is 2.34. The second-order valence-corrected chi connectivity index (χ2v) is 7.54. The molecule has 0 aliphatic rings. The van der Waals surface area contributed by atoms with E-state index in [0.29, 0.717) is 23.1 Å². The Hall–Kier alpha value is -3.04. The fourth-order valence-corrected chi connectivity index (χ4v) is 4.01. The molecule has 0 fully saturated rings. The number of benzene rings is 2. The van der Waals surface area contributed by atoms with Crippen LogP contribution in [-0.2, 0) is 5.75 Å². The molecule has 4 aromatic rings. The standard InChI is InChI=1S/C18H12N4O3S2/c23-22(24)14-8-6-13(7-9-14)17-21-20-16(25-17)11-27-18-19-15(10-26-18)12-4-2-1-3-5-12/h1-10H,11H2. The van der Waals surface area contributed by atoms with Gasteiger partial charge >= 0.3 is 0 Å². The Morgan fingerprint density at radius 3 is 2.56 bits per heavy atom. The lowest BCUT2D eigenvalue weighted by molar-refractivity contribution is -0.384. The summed E-state index contributed by atoms with van der Waals surface area (Å²) in [5, 5.41) is 20.8. The fraction of sp³-hybridized carbons (Fsp3) is 0.0556. The Balaban J connectivity index is 1.41. The highest BCUT2D eigenvalue weighted by Gasteiger charge is 2.12. The maximum absolute atomic E-state index is 10.7. The number of thioether (sulfide) groups is 1. The van der Waals surface area contributed by atoms with E-state index in [1.54, 1.807) is 23.5 Å². The normalized spacial score (nSPS) is 10.8. The zero-order chi connectivity index (χ0) is 18.6. The van der Waals surface area contributed by atoms with Crippen LogP contribution in [0.5, 0.6) is 0 Å². The van der Waals surface area contributed by atoms with Gasteiger partial charge in [0.15, 0.2) is 4.34 Å². The summed E-state index contributed by atoms with van der Waals surface area (Å²) in [5.74, 6) is 1.32. The Labute approximate surface area is 162 Å². The maximum atomic E-state index is 10.7. The van der Waals surface area contributed by atoms with Crippen LogP contribution in [0.25, 0.3) is 22.7 Å². The lowest BCUT2D eigenvalue weighted by atomic mass is 10.2. The largest absolute Gasteiger partial charge is 0.420 e. The van der Waals surface area contributed by atoms with Crippen LogP contribution >= 0.6 is 23.1 Å². The number of nitro benzene ring substituents is 1. The first-order chi connectivity index (χ1) is 13.2. The third-order valence-electron chi connectivity index (χ3n) is 3.66. The van der Waals surface area contributed by atoms with E-state index in [1.807, 2.05) is 35.7 Å². The number of nitrogens with zero attached hydrogens (tertiary/aromatic N) is 4. The second-order valence-electron chi connectivity index (χ2n) is 5.46. The lowest BCUT2D eigenvalue weighted by Crippen LogP contribution is -1.87. The van der Waals surface area contributed by atoms with Gasteiger partial charge in [0.2, 0.25) is 11.8 Å². The molecule has 4 rings (SSSR count). The lowest BCUT2D eigenvalue weighted by Gasteiger charge is -1.95. The zero-order valence-corrected chi connectivity index (χ0v) is 15.4. The van der Waals surface area contributed by atoms with Gasteiger partial charge in [0.05, 0.1) is 16.4 Å². The van der Waals surface area contributed by atoms with Crippen molar-refractivity contribution in [1.29, 1.82) is 0 Å². The van der Waals surface area contributed by atoms with E-state index < -0.39 is 4.92 Å². The van der Waals surface area contributed by atoms with Crippen LogP contribution in [0.1, 0.15) is 5.89 Å². The Morgan fingerprint density at radius 2 is 1.81 bits per heavy atom. The first-order valence-corrected chi connectivity index (χ1v) is 9.76. The van der Waals surface area contributed by atoms with Gasteiger partial charge < -0.3 is 4.42 Å². The van der Waals surface area contributed by atoms with Crippen molar-refractivity contribution < 1.29 is 9.34 Å². The van der Waals surface area contributed by atoms with Gasteiger partial charge in [0.1, 0.15) is 0 Å². The molecule has 0 amide bonds. The molecule has 0 radical (unpaired) electrons. The third-order valence-corrected chi connectivity index (χ3v) is 5.67. The van der Waals surface area contributed by atoms with Gasteiger partial charge in [-0.3, -0.25) is 10.1 Å². The van der Waals surface area contributed by atoms with Crippen LogP contribution in [0.2, 0.25) is 0 Å². The minimum absolute atomic E-state index is 0.0204. The summed E-state index contributed by atoms with van der Waals surface area (Å²) in [6, 6.07) is 16.0. The van der Waals surface area contributed by atoms with Crippen molar-refractivity contribution in [2.75, 3.05) is 0 Å². The van der Waals surface area contributed by atoms with Crippen molar-refractivity contribution >= 4 is 28.8 Å². The highest BCUT2D eigenvalue weighted by molar-refractivity contribution is 8.00. The van der Waals surface area contributed by atoms with Gasteiger partial charge in [0, 0.05) is 28.6 Å². The third kappa shape index (κ3) is 4.04. The van der Waals surface area contributed by atoms with Crippen molar-refractivity contribution in [3.05, 3.63) is 76.0 Å². The average molecular weight is 396 g/mol. The summed E-state index contributed by atoms with van der Waals surface area (Å²) < 4.78 is 6.57. The van der Waals surface area contributed by atoms with Crippen LogP contribution in [0.4, 0.5) is 5.69 Å². The molecule has 0 saturated carbocycles. The Morgan fingerprint density at radius 1 is 1.04 bits per heavy atom. The topological polar surface area (TPSA) is 95.0 Å². The molecular formula is C18H12N4O3S2. The molecule has 0 bridgehead atoms. The van der Waals surface area contributed by atoms with Gasteiger partial charge in [-0.25, -0.2) is 4.98 Å². The van der Waals surface area contributed by atoms with Crippen molar-refractivity contribution in [1.82, 2.24) is 15.2 Å². The van der Waals surface area contributed by atoms with Crippen LogP contribution in [0, 0.1) is 10.1 Å². The molecule has 0 aliphatic carbocycles. The Bertz CT molecular complexity index is 1060. The minimum Gasteiger partial charge on any atom is -0.420 e. The molecule has 2 aromatic heterocycles. The molecule has 0 N–H and O–H groups in total. The van der Waals surface area contributed by atoms with E-state index in [2.05, 4.69) is 15.2 Å². The number of hydrogen-bond donors (Lipinski definition) is 0. The molecular weight excluding hydrogens is 384 g/mol. The van der Waals surface area contributed by atoms with Crippen molar-refractivity contribution in [2.24, 2.45) is 0 Å². The van der Waals surface area contributed by atoms with E-state index >= 15 is 0 Å². The molecule has 0 unspecified atom stereocenters. The molecule has 0 aliphatic heterocycles. The van der Waals surface area contributed by atoms with Gasteiger partial charge in [-0.05, 0) is 12.1 Å². The monoisotopic (exact) mass is 396 g/mol. The van der Waals surface area contributed by atoms with Crippen molar-refractivity contribution in [3.8, 4) is 22.7 Å². The van der Waals surface area contributed by atoms with Gasteiger partial charge in [-0.1, -0.05) is 42.1 Å². The molecule has 134 valence electrons. The van der Waals surface area contributed by atoms with Crippen LogP contribution < -0.4 is 0 Å². The van der Waals surface area contributed by atoms with Gasteiger partial charge in [-0.15, -0.1) is 21.5 Å². The summed E-state index contributed by atoms with van der Waals surface area (Å²) in [5.41, 5.74) is 2.69. The smallest absolute Gasteiger partial charge is 0.269 e. The summed E-state index contributed by atoms with van der Waals surface area (Å²) in [4.78, 5) is 14.9. The van der Waals surface area contributed by atoms with Crippen molar-refractivity contribution in [3.63, 3.8) is 0 Å². The van der Waals surface area contributed by atoms with E-state index in [4.69, 9.17) is 4.42 Å². The molecule has 7 nitrogen and oxygen atoms in total. The summed E-state index contributed by atoms with van der Waals surface area (Å²) in [6.07, 6.45) is 0. The number of nitro groups is 1. The number of hydrogen-bond acceptors (Lipinski definition) is 8. The predicted octanol–water partition coefficient (Wildman–Crippen LogP) is 5.06. The molecule has 2 aromatic carbocycles. The van der Waals surface area contributed by atoms with Gasteiger partial charge in [0.25, 0.3) is 5.69 Å². The maximum Gasteiger partial charge on any atom is 0.269 e. The molecule has 0 saturated heterocycles. The number of aromatic nitrogens is 3. The average Bonchev–Trinajstić information content (AvgIpc) is 3.37. The number of non-ortho nitro benzene ring substituents is 1. The van der Waals surface area contributed by atoms with E-state index in [-0.39, 0.29) is 5.69 Å². The molecule has 2 heterocycles. The second kappa shape index (κ2) is 7.68. The molecule has 27 heavy (non-hydrogen) atoms. The zero-order valence-electron chi connectivity index (χ0n) is 13.8. The highest BCUT2D eigenvalue weighted by atomic mass is 32.2. The van der Waals surface area contributed by atoms with Crippen LogP contribution in [-0.4, -0.2) is 20.1 Å².